The van der Waals surface area contributed by atoms with Gasteiger partial charge in [-0.1, -0.05) is 6.92 Å². The van der Waals surface area contributed by atoms with Gasteiger partial charge in [0, 0.05) is 18.7 Å². The molecule has 1 aromatic rings. The molecular formula is C15H23ClF2N2O2. The standard InChI is InChI=1S/C15H22F2N2O2.ClH/c1-15(9-18)5-6-19(10-15)8-11-7-12(20-2)3-4-13(11)21-14(16)17;/h3-4,7,14H,5-6,8-10,18H2,1-2H3;1H. The fraction of sp³-hybridized carbons (Fsp3) is 0.600. The Morgan fingerprint density at radius 3 is 2.68 bits per heavy atom. The van der Waals surface area contributed by atoms with E-state index in [0.717, 1.165) is 19.5 Å². The Labute approximate surface area is 136 Å². The normalized spacial score (nSPS) is 21.7. The van der Waals surface area contributed by atoms with Crippen molar-refractivity contribution in [1.82, 2.24) is 4.90 Å². The number of benzene rings is 1. The van der Waals surface area contributed by atoms with E-state index in [0.29, 0.717) is 24.4 Å². The first-order valence-electron chi connectivity index (χ1n) is 7.00. The van der Waals surface area contributed by atoms with Crippen LogP contribution in [0, 0.1) is 5.41 Å². The predicted molar refractivity (Wildman–Crippen MR) is 83.9 cm³/mol. The molecule has 1 aromatic carbocycles. The number of nitrogens with zero attached hydrogens (tertiary/aromatic N) is 1. The van der Waals surface area contributed by atoms with E-state index in [1.54, 1.807) is 19.2 Å². The third-order valence-corrected chi connectivity index (χ3v) is 4.01. The van der Waals surface area contributed by atoms with Gasteiger partial charge in [-0.15, -0.1) is 12.4 Å². The average molecular weight is 337 g/mol. The van der Waals surface area contributed by atoms with Gasteiger partial charge in [0.05, 0.1) is 7.11 Å². The molecule has 0 amide bonds. The highest BCUT2D eigenvalue weighted by Gasteiger charge is 2.32. The summed E-state index contributed by atoms with van der Waals surface area (Å²) in [6.45, 7) is 2.25. The Bertz CT molecular complexity index is 491. The molecule has 1 aliphatic heterocycles. The van der Waals surface area contributed by atoms with E-state index in [1.165, 1.54) is 6.07 Å². The van der Waals surface area contributed by atoms with Gasteiger partial charge in [0.15, 0.2) is 0 Å². The lowest BCUT2D eigenvalue weighted by Gasteiger charge is -2.23. The van der Waals surface area contributed by atoms with Crippen LogP contribution in [0.2, 0.25) is 0 Å². The van der Waals surface area contributed by atoms with E-state index in [1.807, 2.05) is 0 Å². The molecule has 2 rings (SSSR count). The molecule has 1 saturated heterocycles. The predicted octanol–water partition coefficient (Wildman–Crippen LogP) is 2.89. The third-order valence-electron chi connectivity index (χ3n) is 4.01. The van der Waals surface area contributed by atoms with E-state index in [9.17, 15) is 8.78 Å². The second-order valence-corrected chi connectivity index (χ2v) is 5.83. The van der Waals surface area contributed by atoms with E-state index in [-0.39, 0.29) is 23.6 Å². The maximum atomic E-state index is 12.5. The topological polar surface area (TPSA) is 47.7 Å². The van der Waals surface area contributed by atoms with Gasteiger partial charge in [0.2, 0.25) is 0 Å². The summed E-state index contributed by atoms with van der Waals surface area (Å²) in [5.41, 5.74) is 6.60. The van der Waals surface area contributed by atoms with Crippen molar-refractivity contribution in [1.29, 1.82) is 0 Å². The van der Waals surface area contributed by atoms with Gasteiger partial charge in [-0.25, -0.2) is 0 Å². The maximum absolute atomic E-state index is 12.5. The van der Waals surface area contributed by atoms with Crippen LogP contribution in [0.3, 0.4) is 0 Å². The lowest BCUT2D eigenvalue weighted by Crippen LogP contribution is -2.31. The molecule has 0 bridgehead atoms. The molecule has 1 atom stereocenters. The van der Waals surface area contributed by atoms with Crippen LogP contribution in [0.5, 0.6) is 11.5 Å². The number of ether oxygens (including phenoxy) is 2. The maximum Gasteiger partial charge on any atom is 0.387 e. The van der Waals surface area contributed by atoms with Crippen LogP contribution in [0.4, 0.5) is 8.78 Å². The molecule has 0 spiro atoms. The van der Waals surface area contributed by atoms with Crippen LogP contribution in [-0.2, 0) is 6.54 Å². The lowest BCUT2D eigenvalue weighted by atomic mass is 9.90. The number of rotatable bonds is 6. The van der Waals surface area contributed by atoms with Gasteiger partial charge in [0.1, 0.15) is 11.5 Å². The summed E-state index contributed by atoms with van der Waals surface area (Å²) in [6, 6.07) is 4.89. The molecule has 0 aromatic heterocycles. The molecule has 1 aliphatic rings. The van der Waals surface area contributed by atoms with Crippen LogP contribution in [0.1, 0.15) is 18.9 Å². The third kappa shape index (κ3) is 4.69. The van der Waals surface area contributed by atoms with E-state index < -0.39 is 6.61 Å². The van der Waals surface area contributed by atoms with Crippen LogP contribution in [0.15, 0.2) is 18.2 Å². The largest absolute Gasteiger partial charge is 0.497 e. The second-order valence-electron chi connectivity index (χ2n) is 5.83. The molecule has 7 heteroatoms. The van der Waals surface area contributed by atoms with Crippen molar-refractivity contribution < 1.29 is 18.3 Å². The summed E-state index contributed by atoms with van der Waals surface area (Å²) < 4.78 is 34.7. The van der Waals surface area contributed by atoms with Crippen LogP contribution < -0.4 is 15.2 Å². The van der Waals surface area contributed by atoms with Gasteiger partial charge < -0.3 is 15.2 Å². The van der Waals surface area contributed by atoms with Crippen molar-refractivity contribution in [2.24, 2.45) is 11.1 Å². The minimum absolute atomic E-state index is 0. The number of alkyl halides is 2. The SMILES string of the molecule is COc1ccc(OC(F)F)c(CN2CCC(C)(CN)C2)c1.Cl. The minimum atomic E-state index is -2.83. The number of nitrogens with two attached hydrogens (primary N) is 1. The quantitative estimate of drug-likeness (QED) is 0.867. The van der Waals surface area contributed by atoms with Gasteiger partial charge >= 0.3 is 6.61 Å². The van der Waals surface area contributed by atoms with E-state index in [4.69, 9.17) is 10.5 Å². The zero-order valence-corrected chi connectivity index (χ0v) is 13.7. The smallest absolute Gasteiger partial charge is 0.387 e. The second kappa shape index (κ2) is 7.94. The Hall–Kier alpha value is -1.11. The molecule has 2 N–H and O–H groups in total. The zero-order valence-electron chi connectivity index (χ0n) is 12.9. The number of methoxy groups -OCH3 is 1. The molecule has 0 aliphatic carbocycles. The first-order chi connectivity index (χ1) is 9.95. The summed E-state index contributed by atoms with van der Waals surface area (Å²) in [7, 11) is 1.55. The summed E-state index contributed by atoms with van der Waals surface area (Å²) >= 11 is 0. The fourth-order valence-electron chi connectivity index (χ4n) is 2.69. The number of hydrogen-bond donors (Lipinski definition) is 1. The van der Waals surface area contributed by atoms with E-state index in [2.05, 4.69) is 16.6 Å². The van der Waals surface area contributed by atoms with Gasteiger partial charge in [-0.3, -0.25) is 4.90 Å². The highest BCUT2D eigenvalue weighted by atomic mass is 35.5. The number of halogens is 3. The summed E-state index contributed by atoms with van der Waals surface area (Å²) in [5.74, 6) is 0.833. The average Bonchev–Trinajstić information content (AvgIpc) is 2.82. The Morgan fingerprint density at radius 2 is 2.14 bits per heavy atom. The first-order valence-corrected chi connectivity index (χ1v) is 7.00. The number of likely N-dealkylation sites (tertiary alicyclic amines) is 1. The Morgan fingerprint density at radius 1 is 1.41 bits per heavy atom. The molecule has 1 unspecified atom stereocenters. The Balaban J connectivity index is 0.00000242. The summed E-state index contributed by atoms with van der Waals surface area (Å²) in [6.07, 6.45) is 1.01. The van der Waals surface area contributed by atoms with Crippen LogP contribution in [-0.4, -0.2) is 38.3 Å². The van der Waals surface area contributed by atoms with Crippen LogP contribution >= 0.6 is 12.4 Å². The lowest BCUT2D eigenvalue weighted by molar-refractivity contribution is -0.0507. The molecule has 22 heavy (non-hydrogen) atoms. The van der Waals surface area contributed by atoms with Crippen molar-refractivity contribution in [3.05, 3.63) is 23.8 Å². The van der Waals surface area contributed by atoms with Crippen molar-refractivity contribution in [2.45, 2.75) is 26.5 Å². The van der Waals surface area contributed by atoms with Crippen molar-refractivity contribution in [3.63, 3.8) is 0 Å². The van der Waals surface area contributed by atoms with Gasteiger partial charge in [-0.05, 0) is 43.1 Å². The number of hydrogen-bond acceptors (Lipinski definition) is 4. The van der Waals surface area contributed by atoms with E-state index >= 15 is 0 Å². The van der Waals surface area contributed by atoms with Crippen molar-refractivity contribution >= 4 is 12.4 Å². The zero-order chi connectivity index (χ0) is 15.5. The highest BCUT2D eigenvalue weighted by Crippen LogP contribution is 2.32. The summed E-state index contributed by atoms with van der Waals surface area (Å²) in [5, 5.41) is 0. The molecule has 1 fully saturated rings. The van der Waals surface area contributed by atoms with Gasteiger partial charge in [0.25, 0.3) is 0 Å². The molecule has 0 saturated carbocycles. The fourth-order valence-corrected chi connectivity index (χ4v) is 2.69. The summed E-state index contributed by atoms with van der Waals surface area (Å²) in [4.78, 5) is 2.21. The molecule has 126 valence electrons. The highest BCUT2D eigenvalue weighted by molar-refractivity contribution is 5.85. The molecule has 1 heterocycles. The van der Waals surface area contributed by atoms with Gasteiger partial charge in [-0.2, -0.15) is 8.78 Å². The van der Waals surface area contributed by atoms with Crippen molar-refractivity contribution in [3.8, 4) is 11.5 Å². The van der Waals surface area contributed by atoms with Crippen molar-refractivity contribution in [2.75, 3.05) is 26.7 Å². The molecule has 4 nitrogen and oxygen atoms in total. The molecular weight excluding hydrogens is 314 g/mol. The van der Waals surface area contributed by atoms with Crippen LogP contribution in [0.25, 0.3) is 0 Å². The molecule has 0 radical (unpaired) electrons. The Kier molecular flexibility index (Phi) is 6.84. The monoisotopic (exact) mass is 336 g/mol. The first kappa shape index (κ1) is 18.9. The minimum Gasteiger partial charge on any atom is -0.497 e.